The fraction of sp³-hybridized carbons (Fsp3) is 1.00. The van der Waals surface area contributed by atoms with Crippen molar-refractivity contribution in [2.75, 3.05) is 7.11 Å². The van der Waals surface area contributed by atoms with E-state index in [0.29, 0.717) is 0 Å². The maximum absolute atomic E-state index is 10.8. The lowest BCUT2D eigenvalue weighted by atomic mass is 9.96. The van der Waals surface area contributed by atoms with Gasteiger partial charge in [-0.1, -0.05) is 0 Å². The molecule has 0 aromatic heterocycles. The van der Waals surface area contributed by atoms with E-state index in [1.807, 2.05) is 0 Å². The molecule has 8 N–H and O–H groups in total. The monoisotopic (exact) mass is 469 g/mol. The van der Waals surface area contributed by atoms with Gasteiger partial charge in [0, 0.05) is 7.11 Å². The SMILES string of the molecule is CO[C@H]1[C@H](O[C@@H]2[C@@H](O)[C@H](C)O[C@@H](O[C@@H]3[C@H](O)[C@@H](O)[C@H](C)O[C@H]3O)[C@@H]2O)O[C@H](C)[C@@H](N)[C@@H]1O. The van der Waals surface area contributed by atoms with Gasteiger partial charge in [0.05, 0.1) is 24.4 Å². The second-order valence-electron chi connectivity index (χ2n) is 8.58. The number of aliphatic hydroxyl groups is 6. The fourth-order valence-electron chi connectivity index (χ4n) is 4.14. The first-order valence-corrected chi connectivity index (χ1v) is 10.6. The highest BCUT2D eigenvalue weighted by Crippen LogP contribution is 2.32. The van der Waals surface area contributed by atoms with Crippen molar-refractivity contribution in [3.8, 4) is 0 Å². The molecule has 3 aliphatic rings. The first kappa shape index (κ1) is 26.1. The smallest absolute Gasteiger partial charge is 0.187 e. The van der Waals surface area contributed by atoms with E-state index < -0.39 is 92.1 Å². The summed E-state index contributed by atoms with van der Waals surface area (Å²) in [5.41, 5.74) is 5.90. The zero-order valence-electron chi connectivity index (χ0n) is 18.4. The Labute approximate surface area is 185 Å². The molecule has 3 aliphatic heterocycles. The van der Waals surface area contributed by atoms with Crippen molar-refractivity contribution >= 4 is 0 Å². The van der Waals surface area contributed by atoms with Gasteiger partial charge in [0.1, 0.15) is 48.8 Å². The van der Waals surface area contributed by atoms with Gasteiger partial charge in [-0.2, -0.15) is 0 Å². The number of ether oxygens (including phenoxy) is 6. The van der Waals surface area contributed by atoms with Crippen LogP contribution >= 0.6 is 0 Å². The summed E-state index contributed by atoms with van der Waals surface area (Å²) in [6.07, 6.45) is -17.3. The van der Waals surface area contributed by atoms with E-state index in [-0.39, 0.29) is 0 Å². The van der Waals surface area contributed by atoms with Crippen molar-refractivity contribution < 1.29 is 59.1 Å². The fourth-order valence-corrected chi connectivity index (χ4v) is 4.14. The topological polar surface area (TPSA) is 203 Å². The first-order chi connectivity index (χ1) is 15.0. The Morgan fingerprint density at radius 1 is 0.594 bits per heavy atom. The van der Waals surface area contributed by atoms with E-state index in [1.54, 1.807) is 6.92 Å². The van der Waals surface area contributed by atoms with Crippen molar-refractivity contribution in [1.82, 2.24) is 0 Å². The van der Waals surface area contributed by atoms with Gasteiger partial charge in [-0.25, -0.2) is 0 Å². The van der Waals surface area contributed by atoms with Gasteiger partial charge in [-0.15, -0.1) is 0 Å². The second kappa shape index (κ2) is 10.4. The predicted molar refractivity (Wildman–Crippen MR) is 104 cm³/mol. The average molecular weight is 469 g/mol. The van der Waals surface area contributed by atoms with Crippen LogP contribution in [0.1, 0.15) is 20.8 Å². The van der Waals surface area contributed by atoms with Crippen molar-refractivity contribution in [2.45, 2.75) is 113 Å². The Hall–Kier alpha value is -0.520. The zero-order valence-corrected chi connectivity index (χ0v) is 18.4. The Balaban J connectivity index is 1.74. The van der Waals surface area contributed by atoms with Gasteiger partial charge in [0.2, 0.25) is 0 Å². The van der Waals surface area contributed by atoms with Crippen LogP contribution in [-0.4, -0.2) is 130 Å². The lowest BCUT2D eigenvalue weighted by Crippen LogP contribution is -2.66. The summed E-state index contributed by atoms with van der Waals surface area (Å²) in [7, 11) is 1.33. The lowest BCUT2D eigenvalue weighted by molar-refractivity contribution is -0.375. The molecule has 3 rings (SSSR count). The Kier molecular flexibility index (Phi) is 8.48. The van der Waals surface area contributed by atoms with E-state index in [9.17, 15) is 30.6 Å². The third-order valence-corrected chi connectivity index (χ3v) is 6.33. The van der Waals surface area contributed by atoms with E-state index in [2.05, 4.69) is 0 Å². The number of hydrogen-bond acceptors (Lipinski definition) is 13. The molecule has 0 aromatic carbocycles. The van der Waals surface area contributed by atoms with Gasteiger partial charge in [0.25, 0.3) is 0 Å². The predicted octanol–water partition coefficient (Wildman–Crippen LogP) is -3.87. The molecule has 0 radical (unpaired) electrons. The first-order valence-electron chi connectivity index (χ1n) is 10.6. The summed E-state index contributed by atoms with van der Waals surface area (Å²) in [5.74, 6) is 0. The molecule has 0 aromatic rings. The maximum Gasteiger partial charge on any atom is 0.187 e. The Morgan fingerprint density at radius 2 is 1.16 bits per heavy atom. The number of nitrogens with two attached hydrogens (primary N) is 1. The van der Waals surface area contributed by atoms with E-state index in [4.69, 9.17) is 34.2 Å². The molecular formula is C19H35NO12. The number of methoxy groups -OCH3 is 1. The number of hydrogen-bond donors (Lipinski definition) is 7. The molecule has 0 spiro atoms. The van der Waals surface area contributed by atoms with E-state index in [0.717, 1.165) is 0 Å². The Morgan fingerprint density at radius 3 is 1.78 bits per heavy atom. The molecule has 0 amide bonds. The highest BCUT2D eigenvalue weighted by atomic mass is 16.7. The minimum absolute atomic E-state index is 0.604. The molecule has 0 bridgehead atoms. The van der Waals surface area contributed by atoms with Crippen LogP contribution in [0.4, 0.5) is 0 Å². The third kappa shape index (κ3) is 4.95. The van der Waals surface area contributed by atoms with Crippen LogP contribution in [0.2, 0.25) is 0 Å². The van der Waals surface area contributed by atoms with E-state index in [1.165, 1.54) is 21.0 Å². The van der Waals surface area contributed by atoms with Crippen LogP contribution in [0.15, 0.2) is 0 Å². The van der Waals surface area contributed by atoms with Gasteiger partial charge < -0.3 is 64.8 Å². The normalized spacial score (nSPS) is 55.0. The molecule has 32 heavy (non-hydrogen) atoms. The van der Waals surface area contributed by atoms with Crippen molar-refractivity contribution in [3.05, 3.63) is 0 Å². The minimum atomic E-state index is -1.61. The summed E-state index contributed by atoms with van der Waals surface area (Å²) >= 11 is 0. The molecule has 188 valence electrons. The minimum Gasteiger partial charge on any atom is -0.388 e. The molecule has 13 nitrogen and oxygen atoms in total. The largest absolute Gasteiger partial charge is 0.388 e. The maximum atomic E-state index is 10.8. The van der Waals surface area contributed by atoms with Gasteiger partial charge in [0.15, 0.2) is 18.9 Å². The summed E-state index contributed by atoms with van der Waals surface area (Å²) in [6, 6.07) is -0.734. The van der Waals surface area contributed by atoms with Crippen LogP contribution in [0.5, 0.6) is 0 Å². The van der Waals surface area contributed by atoms with E-state index >= 15 is 0 Å². The summed E-state index contributed by atoms with van der Waals surface area (Å²) in [5, 5.41) is 62.2. The highest BCUT2D eigenvalue weighted by Gasteiger charge is 2.52. The molecule has 3 heterocycles. The van der Waals surface area contributed by atoms with Crippen LogP contribution in [0.3, 0.4) is 0 Å². The van der Waals surface area contributed by atoms with Crippen LogP contribution in [0, 0.1) is 0 Å². The van der Waals surface area contributed by atoms with Crippen molar-refractivity contribution in [1.29, 1.82) is 0 Å². The standard InChI is InChI=1S/C19H35NO12/c1-5-8(20)11(23)16(27-4)19(29-5)31-14-10(22)7(3)30-18(13(14)25)32-15-12(24)9(21)6(2)28-17(15)26/h5-19,21-26H,20H2,1-4H3/t5-,6+,7+,8-,9+,10+,11+,12-,13-,14-,15-,16-,17-,18+,19+/m1/s1. The number of rotatable bonds is 5. The molecule has 15 atom stereocenters. The highest BCUT2D eigenvalue weighted by molar-refractivity contribution is 4.95. The van der Waals surface area contributed by atoms with Gasteiger partial charge in [-0.3, -0.25) is 0 Å². The number of aliphatic hydroxyl groups excluding tert-OH is 6. The Bertz CT molecular complexity index is 615. The van der Waals surface area contributed by atoms with Crippen molar-refractivity contribution in [2.24, 2.45) is 5.73 Å². The average Bonchev–Trinajstić information content (AvgIpc) is 2.74. The molecule has 0 saturated carbocycles. The van der Waals surface area contributed by atoms with Crippen LogP contribution in [0.25, 0.3) is 0 Å². The van der Waals surface area contributed by atoms with Crippen molar-refractivity contribution in [3.63, 3.8) is 0 Å². The van der Waals surface area contributed by atoms with Crippen LogP contribution in [-0.2, 0) is 28.4 Å². The molecule has 0 unspecified atom stereocenters. The van der Waals surface area contributed by atoms with Gasteiger partial charge in [-0.05, 0) is 20.8 Å². The lowest BCUT2D eigenvalue weighted by Gasteiger charge is -2.47. The molecule has 13 heteroatoms. The summed E-state index contributed by atoms with van der Waals surface area (Å²) < 4.78 is 32.9. The summed E-state index contributed by atoms with van der Waals surface area (Å²) in [4.78, 5) is 0. The van der Waals surface area contributed by atoms with Crippen LogP contribution < -0.4 is 5.73 Å². The zero-order chi connectivity index (χ0) is 23.9. The third-order valence-electron chi connectivity index (χ3n) is 6.33. The molecule has 3 fully saturated rings. The van der Waals surface area contributed by atoms with Gasteiger partial charge >= 0.3 is 0 Å². The summed E-state index contributed by atoms with van der Waals surface area (Å²) in [6.45, 7) is 4.62. The molecular weight excluding hydrogens is 434 g/mol. The molecule has 0 aliphatic carbocycles. The molecule has 3 saturated heterocycles. The second-order valence-corrected chi connectivity index (χ2v) is 8.58. The quantitative estimate of drug-likeness (QED) is 0.206.